The van der Waals surface area contributed by atoms with E-state index < -0.39 is 78.2 Å². The van der Waals surface area contributed by atoms with Gasteiger partial charge in [0.25, 0.3) is 0 Å². The topological polar surface area (TPSA) is 280 Å². The van der Waals surface area contributed by atoms with Gasteiger partial charge in [0.05, 0.1) is 6.04 Å². The zero-order valence-corrected chi connectivity index (χ0v) is 21.4. The molecule has 0 fully saturated rings. The van der Waals surface area contributed by atoms with Crippen LogP contribution in [-0.2, 0) is 33.6 Å². The molecule has 16 nitrogen and oxygen atoms in total. The first-order chi connectivity index (χ1) is 17.7. The molecule has 0 aliphatic carbocycles. The van der Waals surface area contributed by atoms with Gasteiger partial charge in [-0.25, -0.2) is 4.79 Å². The Morgan fingerprint density at radius 2 is 1.11 bits per heavy atom. The SMILES string of the molecule is C[C@H](NC(=O)[C@H](CCC(=O)O)NC(=O)[C@H](C)NC(=O)[C@@H](N)CCC(=O)O)C(=O)N[C@@H](CCCCN)C(=O)O. The number of carboxylic acids is 3. The Morgan fingerprint density at radius 1 is 0.632 bits per heavy atom. The molecule has 216 valence electrons. The minimum atomic E-state index is -1.41. The molecule has 0 radical (unpaired) electrons. The third-order valence-electron chi connectivity index (χ3n) is 5.35. The molecule has 38 heavy (non-hydrogen) atoms. The standard InChI is InChI=1S/C22H38N6O10/c1-11(25-20(35)13(24)6-8-16(29)30)18(33)27-14(7-9-17(31)32)21(36)26-12(2)19(34)28-15(22(37)38)5-3-4-10-23/h11-15H,3-10,23-24H2,1-2H3,(H,25,35)(H,26,36)(H,27,33)(H,28,34)(H,29,30)(H,31,32)(H,37,38)/t11-,12-,13-,14-,15-/m0/s1. The molecule has 4 amide bonds. The van der Waals surface area contributed by atoms with E-state index in [0.29, 0.717) is 19.4 Å². The van der Waals surface area contributed by atoms with Gasteiger partial charge in [-0.05, 0) is 52.5 Å². The van der Waals surface area contributed by atoms with Crippen molar-refractivity contribution in [2.45, 2.75) is 89.0 Å². The van der Waals surface area contributed by atoms with Gasteiger partial charge in [-0.3, -0.25) is 28.8 Å². The normalized spacial score (nSPS) is 14.6. The first-order valence-corrected chi connectivity index (χ1v) is 12.0. The van der Waals surface area contributed by atoms with Crippen LogP contribution in [0.4, 0.5) is 0 Å². The van der Waals surface area contributed by atoms with Gasteiger partial charge in [-0.1, -0.05) is 0 Å². The number of carboxylic acid groups (broad SMARTS) is 3. The first kappa shape index (κ1) is 34.2. The predicted octanol–water partition coefficient (Wildman–Crippen LogP) is -2.76. The van der Waals surface area contributed by atoms with Gasteiger partial charge in [0.15, 0.2) is 0 Å². The lowest BCUT2D eigenvalue weighted by molar-refractivity contribution is -0.142. The summed E-state index contributed by atoms with van der Waals surface area (Å²) in [5.41, 5.74) is 11.0. The van der Waals surface area contributed by atoms with Gasteiger partial charge in [0, 0.05) is 12.8 Å². The Labute approximate surface area is 219 Å². The Kier molecular flexibility index (Phi) is 15.9. The maximum absolute atomic E-state index is 12.7. The summed E-state index contributed by atoms with van der Waals surface area (Å²) in [4.78, 5) is 82.9. The Hall–Kier alpha value is -3.79. The lowest BCUT2D eigenvalue weighted by atomic mass is 10.1. The summed E-state index contributed by atoms with van der Waals surface area (Å²) in [6.45, 7) is 2.91. The van der Waals surface area contributed by atoms with E-state index in [2.05, 4.69) is 21.3 Å². The number of carbonyl (C=O) groups is 7. The molecular weight excluding hydrogens is 508 g/mol. The molecule has 0 aromatic carbocycles. The third kappa shape index (κ3) is 14.1. The lowest BCUT2D eigenvalue weighted by Gasteiger charge is -2.24. The van der Waals surface area contributed by atoms with Gasteiger partial charge < -0.3 is 48.1 Å². The predicted molar refractivity (Wildman–Crippen MR) is 131 cm³/mol. The molecule has 0 aliphatic heterocycles. The van der Waals surface area contributed by atoms with Crippen molar-refractivity contribution in [3.63, 3.8) is 0 Å². The van der Waals surface area contributed by atoms with Crippen LogP contribution in [0.3, 0.4) is 0 Å². The summed E-state index contributed by atoms with van der Waals surface area (Å²) in [5, 5.41) is 36.2. The first-order valence-electron chi connectivity index (χ1n) is 12.0. The van der Waals surface area contributed by atoms with Gasteiger partial charge in [0.1, 0.15) is 24.2 Å². The highest BCUT2D eigenvalue weighted by atomic mass is 16.4. The molecule has 0 aromatic heterocycles. The molecular formula is C22H38N6O10. The molecule has 0 saturated heterocycles. The summed E-state index contributed by atoms with van der Waals surface area (Å²) in [6.07, 6.45) is -0.256. The Bertz CT molecular complexity index is 868. The molecule has 0 unspecified atom stereocenters. The Morgan fingerprint density at radius 3 is 1.58 bits per heavy atom. The van der Waals surface area contributed by atoms with Crippen LogP contribution in [0.2, 0.25) is 0 Å². The van der Waals surface area contributed by atoms with Crippen molar-refractivity contribution in [3.8, 4) is 0 Å². The molecule has 0 bridgehead atoms. The van der Waals surface area contributed by atoms with Gasteiger partial charge in [-0.15, -0.1) is 0 Å². The molecule has 0 saturated carbocycles. The largest absolute Gasteiger partial charge is 0.481 e. The van der Waals surface area contributed by atoms with Crippen LogP contribution in [0.1, 0.15) is 58.8 Å². The summed E-state index contributed by atoms with van der Waals surface area (Å²) in [5.74, 6) is -7.05. The molecule has 0 heterocycles. The van der Waals surface area contributed by atoms with Gasteiger partial charge in [0.2, 0.25) is 23.6 Å². The number of rotatable bonds is 19. The van der Waals surface area contributed by atoms with Crippen molar-refractivity contribution in [3.05, 3.63) is 0 Å². The number of aliphatic carboxylic acids is 3. The number of nitrogens with two attached hydrogens (primary N) is 2. The molecule has 0 aromatic rings. The molecule has 16 heteroatoms. The summed E-state index contributed by atoms with van der Waals surface area (Å²) in [6, 6.07) is -6.26. The van der Waals surface area contributed by atoms with Crippen LogP contribution >= 0.6 is 0 Å². The number of carbonyl (C=O) groups excluding carboxylic acids is 4. The third-order valence-corrected chi connectivity index (χ3v) is 5.35. The maximum atomic E-state index is 12.7. The lowest BCUT2D eigenvalue weighted by Crippen LogP contribution is -2.57. The Balaban J connectivity index is 5.18. The van der Waals surface area contributed by atoms with E-state index in [1.165, 1.54) is 13.8 Å². The van der Waals surface area contributed by atoms with Crippen LogP contribution in [0, 0.1) is 0 Å². The van der Waals surface area contributed by atoms with E-state index in [1.54, 1.807) is 0 Å². The molecule has 0 spiro atoms. The van der Waals surface area contributed by atoms with Gasteiger partial charge in [-0.2, -0.15) is 0 Å². The summed E-state index contributed by atoms with van der Waals surface area (Å²) >= 11 is 0. The monoisotopic (exact) mass is 546 g/mol. The van der Waals surface area contributed by atoms with Gasteiger partial charge >= 0.3 is 17.9 Å². The van der Waals surface area contributed by atoms with E-state index in [9.17, 15) is 38.7 Å². The van der Waals surface area contributed by atoms with Crippen LogP contribution < -0.4 is 32.7 Å². The number of hydrogen-bond acceptors (Lipinski definition) is 9. The van der Waals surface area contributed by atoms with Crippen molar-refractivity contribution in [1.82, 2.24) is 21.3 Å². The highest BCUT2D eigenvalue weighted by Gasteiger charge is 2.29. The average Bonchev–Trinajstić information content (AvgIpc) is 2.83. The summed E-state index contributed by atoms with van der Waals surface area (Å²) in [7, 11) is 0. The number of nitrogens with one attached hydrogen (secondary N) is 4. The minimum absolute atomic E-state index is 0.125. The second-order valence-electron chi connectivity index (χ2n) is 8.68. The highest BCUT2D eigenvalue weighted by molar-refractivity contribution is 5.95. The second kappa shape index (κ2) is 17.6. The van der Waals surface area contributed by atoms with Crippen molar-refractivity contribution >= 4 is 41.5 Å². The smallest absolute Gasteiger partial charge is 0.326 e. The van der Waals surface area contributed by atoms with Crippen LogP contribution in [0.15, 0.2) is 0 Å². The number of hydrogen-bond donors (Lipinski definition) is 9. The molecule has 5 atom stereocenters. The molecule has 0 aliphatic rings. The van der Waals surface area contributed by atoms with Crippen molar-refractivity contribution in [2.24, 2.45) is 11.5 Å². The van der Waals surface area contributed by atoms with E-state index in [4.69, 9.17) is 21.7 Å². The van der Waals surface area contributed by atoms with E-state index in [1.807, 2.05) is 0 Å². The summed E-state index contributed by atoms with van der Waals surface area (Å²) < 4.78 is 0. The highest BCUT2D eigenvalue weighted by Crippen LogP contribution is 2.04. The average molecular weight is 547 g/mol. The van der Waals surface area contributed by atoms with E-state index in [-0.39, 0.29) is 25.7 Å². The van der Waals surface area contributed by atoms with Crippen LogP contribution in [-0.4, -0.2) is 93.6 Å². The van der Waals surface area contributed by atoms with Crippen molar-refractivity contribution in [1.29, 1.82) is 0 Å². The van der Waals surface area contributed by atoms with Crippen LogP contribution in [0.25, 0.3) is 0 Å². The quantitative estimate of drug-likeness (QED) is 0.0745. The van der Waals surface area contributed by atoms with Crippen molar-refractivity contribution in [2.75, 3.05) is 6.54 Å². The maximum Gasteiger partial charge on any atom is 0.326 e. The fourth-order valence-corrected chi connectivity index (χ4v) is 3.06. The zero-order valence-electron chi connectivity index (χ0n) is 21.4. The second-order valence-corrected chi connectivity index (χ2v) is 8.68. The van der Waals surface area contributed by atoms with E-state index >= 15 is 0 Å². The molecule has 11 N–H and O–H groups in total. The fourth-order valence-electron chi connectivity index (χ4n) is 3.06. The van der Waals surface area contributed by atoms with E-state index in [0.717, 1.165) is 0 Å². The fraction of sp³-hybridized carbons (Fsp3) is 0.682. The van der Waals surface area contributed by atoms with Crippen LogP contribution in [0.5, 0.6) is 0 Å². The zero-order chi connectivity index (χ0) is 29.4. The number of amides is 4. The molecule has 0 rings (SSSR count). The minimum Gasteiger partial charge on any atom is -0.481 e. The number of unbranched alkanes of at least 4 members (excludes halogenated alkanes) is 1. The van der Waals surface area contributed by atoms with Crippen molar-refractivity contribution < 1.29 is 48.9 Å².